The number of hydrogen-bond donors (Lipinski definition) is 0. The molecule has 2 heterocycles. The number of rotatable bonds is 0. The molecule has 0 saturated heterocycles. The summed E-state index contributed by atoms with van der Waals surface area (Å²) in [5.41, 5.74) is 1.40. The minimum absolute atomic E-state index is 0.399. The molecule has 0 aliphatic heterocycles. The zero-order valence-electron chi connectivity index (χ0n) is 5.82. The highest BCUT2D eigenvalue weighted by Crippen LogP contribution is 2.15. The van der Waals surface area contributed by atoms with Crippen molar-refractivity contribution in [1.82, 2.24) is 19.5 Å². The van der Waals surface area contributed by atoms with Crippen molar-refractivity contribution in [2.45, 2.75) is 0 Å². The molecule has 11 heavy (non-hydrogen) atoms. The molecular weight excluding hydrogens is 166 g/mol. The van der Waals surface area contributed by atoms with E-state index in [-0.39, 0.29) is 0 Å². The lowest BCUT2D eigenvalue weighted by molar-refractivity contribution is 0.928. The maximum absolute atomic E-state index is 5.74. The van der Waals surface area contributed by atoms with Gasteiger partial charge in [-0.15, -0.1) is 0 Å². The van der Waals surface area contributed by atoms with Crippen molar-refractivity contribution in [3.63, 3.8) is 0 Å². The second kappa shape index (κ2) is 2.17. The molecule has 56 valence electrons. The maximum atomic E-state index is 5.74. The summed E-state index contributed by atoms with van der Waals surface area (Å²) in [6, 6.07) is 0. The van der Waals surface area contributed by atoms with Crippen LogP contribution in [0.5, 0.6) is 0 Å². The van der Waals surface area contributed by atoms with Crippen LogP contribution in [0, 0.1) is 0 Å². The summed E-state index contributed by atoms with van der Waals surface area (Å²) in [7, 11) is 1.86. The van der Waals surface area contributed by atoms with E-state index in [9.17, 15) is 0 Å². The van der Waals surface area contributed by atoms with Crippen molar-refractivity contribution >= 4 is 22.8 Å². The van der Waals surface area contributed by atoms with E-state index in [0.717, 1.165) is 5.65 Å². The van der Waals surface area contributed by atoms with Crippen LogP contribution in [-0.4, -0.2) is 19.5 Å². The van der Waals surface area contributed by atoms with Gasteiger partial charge in [-0.3, -0.25) is 0 Å². The number of halogens is 1. The third-order valence-electron chi connectivity index (χ3n) is 1.45. The Morgan fingerprint density at radius 2 is 2.18 bits per heavy atom. The van der Waals surface area contributed by atoms with Crippen LogP contribution in [0.2, 0.25) is 5.15 Å². The van der Waals surface area contributed by atoms with Crippen LogP contribution in [0.4, 0.5) is 0 Å². The molecule has 2 rings (SSSR count). The molecular formula is C6H5ClN4. The van der Waals surface area contributed by atoms with E-state index in [4.69, 9.17) is 11.6 Å². The molecule has 0 spiro atoms. The minimum Gasteiger partial charge on any atom is -0.318 e. The molecule has 0 N–H and O–H groups in total. The second-order valence-corrected chi connectivity index (χ2v) is 2.55. The normalized spacial score (nSPS) is 10.7. The molecule has 0 fully saturated rings. The highest BCUT2D eigenvalue weighted by molar-refractivity contribution is 6.33. The summed E-state index contributed by atoms with van der Waals surface area (Å²) in [5, 5.41) is 0.399. The van der Waals surface area contributed by atoms with Crippen molar-refractivity contribution in [2.75, 3.05) is 0 Å². The summed E-state index contributed by atoms with van der Waals surface area (Å²) in [6.45, 7) is 0. The van der Waals surface area contributed by atoms with Gasteiger partial charge in [0.1, 0.15) is 11.8 Å². The summed E-state index contributed by atoms with van der Waals surface area (Å²) in [4.78, 5) is 11.8. The van der Waals surface area contributed by atoms with E-state index in [1.54, 1.807) is 10.9 Å². The Morgan fingerprint density at radius 1 is 1.36 bits per heavy atom. The third-order valence-corrected chi connectivity index (χ3v) is 1.73. The van der Waals surface area contributed by atoms with Gasteiger partial charge >= 0.3 is 0 Å². The SMILES string of the molecule is [14CH3]n1cnc2c(Cl)ncnc21. The van der Waals surface area contributed by atoms with Crippen molar-refractivity contribution < 1.29 is 0 Å². The van der Waals surface area contributed by atoms with Crippen LogP contribution < -0.4 is 0 Å². The molecule has 0 aromatic carbocycles. The first-order chi connectivity index (χ1) is 5.29. The standard InChI is InChI=1S/C6H5ClN4/c1-11-3-10-4-5(7)8-2-9-6(4)11/h2-3H,1H3/i1+2. The Morgan fingerprint density at radius 3 is 2.91 bits per heavy atom. The first-order valence-electron chi connectivity index (χ1n) is 3.06. The predicted octanol–water partition coefficient (Wildman–Crippen LogP) is 1.02. The van der Waals surface area contributed by atoms with Crippen LogP contribution in [-0.2, 0) is 7.05 Å². The van der Waals surface area contributed by atoms with Crippen LogP contribution >= 0.6 is 11.6 Å². The lowest BCUT2D eigenvalue weighted by atomic mass is 10.6. The molecule has 5 heteroatoms. The van der Waals surface area contributed by atoms with Gasteiger partial charge in [0.05, 0.1) is 6.33 Å². The highest BCUT2D eigenvalue weighted by Gasteiger charge is 2.04. The first-order valence-corrected chi connectivity index (χ1v) is 3.44. The molecule has 0 amide bonds. The van der Waals surface area contributed by atoms with E-state index in [1.807, 2.05) is 7.05 Å². The third kappa shape index (κ3) is 0.867. The summed E-state index contributed by atoms with van der Waals surface area (Å²) >= 11 is 5.74. The van der Waals surface area contributed by atoms with E-state index < -0.39 is 0 Å². The molecule has 0 bridgehead atoms. The van der Waals surface area contributed by atoms with E-state index in [1.165, 1.54) is 6.33 Å². The van der Waals surface area contributed by atoms with Gasteiger partial charge in [-0.2, -0.15) is 0 Å². The van der Waals surface area contributed by atoms with Gasteiger partial charge in [-0.25, -0.2) is 15.0 Å². The Balaban J connectivity index is 2.94. The molecule has 0 aliphatic rings. The topological polar surface area (TPSA) is 43.6 Å². The molecule has 0 aliphatic carbocycles. The Bertz CT molecular complexity index is 394. The first kappa shape index (κ1) is 6.54. The van der Waals surface area contributed by atoms with Gasteiger partial charge in [0, 0.05) is 7.05 Å². The molecule has 0 radical (unpaired) electrons. The molecule has 2 aromatic rings. The van der Waals surface area contributed by atoms with Crippen molar-refractivity contribution in [1.29, 1.82) is 0 Å². The quantitative estimate of drug-likeness (QED) is 0.555. The van der Waals surface area contributed by atoms with Gasteiger partial charge < -0.3 is 4.57 Å². The van der Waals surface area contributed by atoms with Gasteiger partial charge in [0.25, 0.3) is 0 Å². The maximum Gasteiger partial charge on any atom is 0.164 e. The highest BCUT2D eigenvalue weighted by atomic mass is 35.5. The van der Waals surface area contributed by atoms with E-state index >= 15 is 0 Å². The monoisotopic (exact) mass is 170 g/mol. The van der Waals surface area contributed by atoms with Crippen molar-refractivity contribution in [3.8, 4) is 0 Å². The fourth-order valence-corrected chi connectivity index (χ4v) is 1.09. The number of fused-ring (bicyclic) bond motifs is 1. The lowest BCUT2D eigenvalue weighted by Crippen LogP contribution is -1.88. The van der Waals surface area contributed by atoms with E-state index in [2.05, 4.69) is 15.0 Å². The number of imidazole rings is 1. The zero-order valence-corrected chi connectivity index (χ0v) is 6.58. The molecule has 2 aromatic heterocycles. The second-order valence-electron chi connectivity index (χ2n) is 2.19. The average molecular weight is 171 g/mol. The van der Waals surface area contributed by atoms with Gasteiger partial charge in [0.2, 0.25) is 0 Å². The summed E-state index contributed by atoms with van der Waals surface area (Å²) in [5.74, 6) is 0. The fourth-order valence-electron chi connectivity index (χ4n) is 0.917. The number of aryl methyl sites for hydroxylation is 1. The molecule has 0 atom stereocenters. The van der Waals surface area contributed by atoms with Crippen molar-refractivity contribution in [2.24, 2.45) is 7.05 Å². The Labute approximate surface area is 67.9 Å². The smallest absolute Gasteiger partial charge is 0.164 e. The molecule has 0 unspecified atom stereocenters. The van der Waals surface area contributed by atoms with Gasteiger partial charge in [-0.1, -0.05) is 11.6 Å². The van der Waals surface area contributed by atoms with Gasteiger partial charge in [0.15, 0.2) is 10.8 Å². The zero-order chi connectivity index (χ0) is 7.84. The number of nitrogens with zero attached hydrogens (tertiary/aromatic N) is 4. The van der Waals surface area contributed by atoms with E-state index in [0.29, 0.717) is 10.7 Å². The van der Waals surface area contributed by atoms with Crippen LogP contribution in [0.3, 0.4) is 0 Å². The largest absolute Gasteiger partial charge is 0.318 e. The number of aromatic nitrogens is 4. The Hall–Kier alpha value is -1.16. The minimum atomic E-state index is 0.399. The van der Waals surface area contributed by atoms with Crippen LogP contribution in [0.1, 0.15) is 0 Å². The molecule has 0 saturated carbocycles. The van der Waals surface area contributed by atoms with Crippen LogP contribution in [0.25, 0.3) is 11.2 Å². The summed E-state index contributed by atoms with van der Waals surface area (Å²) in [6.07, 6.45) is 3.08. The predicted molar refractivity (Wildman–Crippen MR) is 41.3 cm³/mol. The summed E-state index contributed by atoms with van der Waals surface area (Å²) < 4.78 is 1.79. The lowest BCUT2D eigenvalue weighted by Gasteiger charge is -1.91. The number of hydrogen-bond acceptors (Lipinski definition) is 3. The van der Waals surface area contributed by atoms with Gasteiger partial charge in [-0.05, 0) is 0 Å². The average Bonchev–Trinajstić information content (AvgIpc) is 2.35. The van der Waals surface area contributed by atoms with Crippen LogP contribution in [0.15, 0.2) is 12.7 Å². The molecule has 4 nitrogen and oxygen atoms in total. The fraction of sp³-hybridized carbons (Fsp3) is 0.167. The van der Waals surface area contributed by atoms with Crippen molar-refractivity contribution in [3.05, 3.63) is 17.8 Å². The Kier molecular flexibility index (Phi) is 1.29.